The van der Waals surface area contributed by atoms with Gasteiger partial charge in [0.2, 0.25) is 5.52 Å². The van der Waals surface area contributed by atoms with Crippen LogP contribution in [0.2, 0.25) is 0 Å². The smallest absolute Gasteiger partial charge is 0.292 e. The topological polar surface area (TPSA) is 31.1 Å². The zero-order chi connectivity index (χ0) is 25.2. The minimum atomic E-state index is -0.168. The first-order valence-electron chi connectivity index (χ1n) is 13.0. The second-order valence-electron chi connectivity index (χ2n) is 11.2. The molecule has 6 rings (SSSR count). The Morgan fingerprint density at radius 3 is 2.39 bits per heavy atom. The van der Waals surface area contributed by atoms with E-state index in [0.717, 1.165) is 53.3 Å². The lowest BCUT2D eigenvalue weighted by Gasteiger charge is -2.36. The summed E-state index contributed by atoms with van der Waals surface area (Å²) in [5, 5.41) is 1.19. The highest BCUT2D eigenvalue weighted by Crippen LogP contribution is 2.52. The summed E-state index contributed by atoms with van der Waals surface area (Å²) in [5.74, 6) is 1.62. The lowest BCUT2D eigenvalue weighted by atomic mass is 9.70. The highest BCUT2D eigenvalue weighted by Gasteiger charge is 2.45. The van der Waals surface area contributed by atoms with Crippen LogP contribution in [0.4, 0.5) is 0 Å². The largest absolute Gasteiger partial charge is 0.455 e. The van der Waals surface area contributed by atoms with Crippen molar-refractivity contribution in [2.75, 3.05) is 0 Å². The monoisotopic (exact) mass is 476 g/mol. The van der Waals surface area contributed by atoms with Crippen LogP contribution in [0.1, 0.15) is 58.7 Å². The quantitative estimate of drug-likeness (QED) is 0.242. The predicted molar refractivity (Wildman–Crippen MR) is 148 cm³/mol. The average Bonchev–Trinajstić information content (AvgIpc) is 3.21. The van der Waals surface area contributed by atoms with Gasteiger partial charge in [-0.1, -0.05) is 71.5 Å². The molecule has 4 heteroatoms. The molecule has 0 atom stereocenters. The van der Waals surface area contributed by atoms with E-state index in [1.807, 2.05) is 30.3 Å². The predicted octanol–water partition coefficient (Wildman–Crippen LogP) is 7.85. The molecule has 3 aromatic heterocycles. The summed E-state index contributed by atoms with van der Waals surface area (Å²) in [4.78, 5) is 5.41. The summed E-state index contributed by atoms with van der Waals surface area (Å²) < 4.78 is 11.2. The van der Waals surface area contributed by atoms with E-state index >= 15 is 0 Å². The number of nitrogens with zero attached hydrogens (tertiary/aromatic N) is 3. The molecule has 5 aromatic rings. The van der Waals surface area contributed by atoms with Crippen LogP contribution in [0.25, 0.3) is 33.3 Å². The van der Waals surface area contributed by atoms with E-state index in [1.165, 1.54) is 22.0 Å². The van der Waals surface area contributed by atoms with Gasteiger partial charge in [0.05, 0.1) is 22.7 Å². The van der Waals surface area contributed by atoms with Gasteiger partial charge in [0.1, 0.15) is 17.0 Å². The van der Waals surface area contributed by atoms with Gasteiger partial charge in [-0.25, -0.2) is 4.98 Å². The van der Waals surface area contributed by atoms with Gasteiger partial charge in [0, 0.05) is 6.07 Å². The van der Waals surface area contributed by atoms with Gasteiger partial charge in [0.15, 0.2) is 11.3 Å². The molecule has 0 aliphatic carbocycles. The van der Waals surface area contributed by atoms with E-state index in [0.29, 0.717) is 0 Å². The van der Waals surface area contributed by atoms with Crippen molar-refractivity contribution < 1.29 is 9.14 Å². The van der Waals surface area contributed by atoms with Crippen LogP contribution >= 0.6 is 0 Å². The number of hydrogen-bond donors (Lipinski definition) is 0. The third-order valence-electron chi connectivity index (χ3n) is 7.87. The molecule has 1 aliphatic heterocycles. The number of ether oxygens (including phenoxy) is 1. The Bertz CT molecular complexity index is 1650. The van der Waals surface area contributed by atoms with Crippen molar-refractivity contribution in [3.8, 4) is 11.5 Å². The van der Waals surface area contributed by atoms with Crippen molar-refractivity contribution in [1.82, 2.24) is 9.55 Å². The van der Waals surface area contributed by atoms with E-state index in [9.17, 15) is 0 Å². The lowest BCUT2D eigenvalue weighted by Crippen LogP contribution is -2.32. The number of allylic oxidation sites excluding steroid dienone is 1. The fourth-order valence-electron chi connectivity index (χ4n) is 6.16. The molecule has 0 fully saturated rings. The molecule has 2 aromatic carbocycles. The highest BCUT2D eigenvalue weighted by atomic mass is 16.5. The SMILES string of the molecule is C=C1n2c3c4c(ccc(Oc5ccccc5)c4nc(CC(C)(C)C)c3[n+]3ccccc23)C1(CC)CC. The maximum Gasteiger partial charge on any atom is 0.292 e. The van der Waals surface area contributed by atoms with Crippen molar-refractivity contribution in [3.63, 3.8) is 0 Å². The van der Waals surface area contributed by atoms with Crippen LogP contribution in [0, 0.1) is 5.41 Å². The van der Waals surface area contributed by atoms with E-state index in [-0.39, 0.29) is 10.8 Å². The van der Waals surface area contributed by atoms with Crippen molar-refractivity contribution in [1.29, 1.82) is 0 Å². The van der Waals surface area contributed by atoms with Crippen LogP contribution in [0.3, 0.4) is 0 Å². The van der Waals surface area contributed by atoms with Gasteiger partial charge in [0.25, 0.3) is 5.65 Å². The highest BCUT2D eigenvalue weighted by molar-refractivity contribution is 6.11. The van der Waals surface area contributed by atoms with E-state index < -0.39 is 0 Å². The van der Waals surface area contributed by atoms with Crippen molar-refractivity contribution in [2.45, 2.75) is 59.3 Å². The molecule has 1 aliphatic rings. The van der Waals surface area contributed by atoms with Crippen molar-refractivity contribution in [2.24, 2.45) is 5.41 Å². The van der Waals surface area contributed by atoms with E-state index in [2.05, 4.69) is 80.1 Å². The summed E-state index contributed by atoms with van der Waals surface area (Å²) in [7, 11) is 0. The van der Waals surface area contributed by atoms with Gasteiger partial charge < -0.3 is 4.74 Å². The summed E-state index contributed by atoms with van der Waals surface area (Å²) in [6.07, 6.45) is 4.96. The third kappa shape index (κ3) is 3.13. The van der Waals surface area contributed by atoms with E-state index in [1.54, 1.807) is 0 Å². The molecule has 0 bridgehead atoms. The van der Waals surface area contributed by atoms with Gasteiger partial charge in [-0.15, -0.1) is 0 Å². The Labute approximate surface area is 212 Å². The third-order valence-corrected chi connectivity index (χ3v) is 7.87. The summed E-state index contributed by atoms with van der Waals surface area (Å²) >= 11 is 0. The number of rotatable bonds is 5. The number of imidazole rings is 1. The Morgan fingerprint density at radius 1 is 0.972 bits per heavy atom. The lowest BCUT2D eigenvalue weighted by molar-refractivity contribution is -0.482. The molecule has 0 radical (unpaired) electrons. The molecular weight excluding hydrogens is 442 g/mol. The number of benzene rings is 2. The number of pyridine rings is 2. The molecule has 4 heterocycles. The van der Waals surface area contributed by atoms with Crippen molar-refractivity contribution in [3.05, 3.63) is 84.7 Å². The van der Waals surface area contributed by atoms with Crippen LogP contribution in [-0.2, 0) is 11.8 Å². The van der Waals surface area contributed by atoms with Crippen molar-refractivity contribution >= 4 is 33.3 Å². The first-order valence-corrected chi connectivity index (χ1v) is 13.0. The molecular formula is C32H34N3O+. The number of aromatic nitrogens is 3. The average molecular weight is 477 g/mol. The second kappa shape index (κ2) is 7.92. The number of fused-ring (bicyclic) bond motifs is 3. The molecule has 0 saturated heterocycles. The van der Waals surface area contributed by atoms with Crippen LogP contribution in [0.5, 0.6) is 11.5 Å². The first kappa shape index (κ1) is 22.8. The molecule has 0 saturated carbocycles. The fourth-order valence-corrected chi connectivity index (χ4v) is 6.16. The van der Waals surface area contributed by atoms with Crippen LogP contribution in [0.15, 0.2) is 73.4 Å². The fraction of sp³-hybridized carbons (Fsp3) is 0.312. The standard InChI is InChI=1S/C32H34N3O/c1-7-32(8-2)21(3)35-26-16-12-13-19-34(26)29-24(20-31(4,5)6)33-28-25(36-22-14-10-9-11-15-22)18-17-23(32)27(28)30(29)35/h9-19H,3,7-8,20H2,1-2,4-6H3/q+1. The minimum Gasteiger partial charge on any atom is -0.455 e. The molecule has 0 N–H and O–H groups in total. The zero-order valence-electron chi connectivity index (χ0n) is 21.9. The Balaban J connectivity index is 1.82. The molecule has 0 amide bonds. The van der Waals surface area contributed by atoms with E-state index in [4.69, 9.17) is 16.3 Å². The summed E-state index contributed by atoms with van der Waals surface area (Å²) in [6, 6.07) is 20.8. The summed E-state index contributed by atoms with van der Waals surface area (Å²) in [6.45, 7) is 16.1. The Morgan fingerprint density at radius 2 is 1.69 bits per heavy atom. The number of para-hydroxylation sites is 1. The Kier molecular flexibility index (Phi) is 5.01. The van der Waals surface area contributed by atoms with Crippen LogP contribution < -0.4 is 9.14 Å². The number of hydrogen-bond acceptors (Lipinski definition) is 2. The molecule has 182 valence electrons. The maximum absolute atomic E-state index is 6.48. The minimum absolute atomic E-state index is 0.0765. The van der Waals surface area contributed by atoms with Crippen LogP contribution in [-0.4, -0.2) is 9.55 Å². The molecule has 0 spiro atoms. The molecule has 36 heavy (non-hydrogen) atoms. The van der Waals surface area contributed by atoms with Gasteiger partial charge >= 0.3 is 0 Å². The van der Waals surface area contributed by atoms with Gasteiger partial charge in [-0.2, -0.15) is 8.97 Å². The van der Waals surface area contributed by atoms with Gasteiger partial charge in [-0.3, -0.25) is 0 Å². The molecule has 4 nitrogen and oxygen atoms in total. The second-order valence-corrected chi connectivity index (χ2v) is 11.2. The maximum atomic E-state index is 6.48. The van der Waals surface area contributed by atoms with Gasteiger partial charge in [-0.05, 0) is 54.5 Å². The Hall–Kier alpha value is -3.66. The normalized spacial score (nSPS) is 14.9. The summed E-state index contributed by atoms with van der Waals surface area (Å²) in [5.41, 5.74) is 7.89. The zero-order valence-corrected chi connectivity index (χ0v) is 21.9. The molecule has 0 unspecified atom stereocenters. The first-order chi connectivity index (χ1) is 17.3.